The molecular formula is C24H26O3. The summed E-state index contributed by atoms with van der Waals surface area (Å²) < 4.78 is 0. The first-order chi connectivity index (χ1) is 12.8. The van der Waals surface area contributed by atoms with Gasteiger partial charge in [0, 0.05) is 5.41 Å². The first-order valence-corrected chi connectivity index (χ1v) is 9.20. The lowest BCUT2D eigenvalue weighted by Crippen LogP contribution is -2.31. The Morgan fingerprint density at radius 3 is 1.11 bits per heavy atom. The smallest absolute Gasteiger partial charge is 0.115 e. The molecule has 0 fully saturated rings. The number of aryl methyl sites for hydroxylation is 3. The molecule has 3 nitrogen and oxygen atoms in total. The molecule has 0 saturated carbocycles. The fourth-order valence-electron chi connectivity index (χ4n) is 4.39. The SMILES string of the molecule is CCC(c1ccc(O)cc1C)(c1ccc(O)cc1C)c1ccc(O)cc1C. The van der Waals surface area contributed by atoms with Gasteiger partial charge >= 0.3 is 0 Å². The first-order valence-electron chi connectivity index (χ1n) is 9.20. The van der Waals surface area contributed by atoms with Crippen molar-refractivity contribution < 1.29 is 15.3 Å². The quantitative estimate of drug-likeness (QED) is 0.539. The summed E-state index contributed by atoms with van der Waals surface area (Å²) in [4.78, 5) is 0. The van der Waals surface area contributed by atoms with Crippen LogP contribution in [0.2, 0.25) is 0 Å². The molecule has 140 valence electrons. The van der Waals surface area contributed by atoms with E-state index < -0.39 is 5.41 Å². The first kappa shape index (κ1) is 18.8. The summed E-state index contributed by atoms with van der Waals surface area (Å²) in [6.45, 7) is 8.16. The molecule has 0 radical (unpaired) electrons. The number of hydrogen-bond donors (Lipinski definition) is 3. The van der Waals surface area contributed by atoms with Gasteiger partial charge < -0.3 is 15.3 Å². The molecule has 0 bridgehead atoms. The number of phenols is 3. The van der Waals surface area contributed by atoms with Gasteiger partial charge in [-0.25, -0.2) is 0 Å². The number of benzene rings is 3. The van der Waals surface area contributed by atoms with E-state index in [-0.39, 0.29) is 17.2 Å². The van der Waals surface area contributed by atoms with Crippen LogP contribution in [0, 0.1) is 20.8 Å². The van der Waals surface area contributed by atoms with E-state index in [9.17, 15) is 15.3 Å². The van der Waals surface area contributed by atoms with Gasteiger partial charge in [-0.05, 0) is 97.0 Å². The van der Waals surface area contributed by atoms with Crippen molar-refractivity contribution in [2.45, 2.75) is 39.5 Å². The van der Waals surface area contributed by atoms with Gasteiger partial charge in [0.05, 0.1) is 0 Å². The topological polar surface area (TPSA) is 60.7 Å². The minimum absolute atomic E-state index is 0.242. The summed E-state index contributed by atoms with van der Waals surface area (Å²) >= 11 is 0. The highest BCUT2D eigenvalue weighted by atomic mass is 16.3. The predicted molar refractivity (Wildman–Crippen MR) is 109 cm³/mol. The summed E-state index contributed by atoms with van der Waals surface area (Å²) in [5, 5.41) is 29.8. The van der Waals surface area contributed by atoms with E-state index >= 15 is 0 Å². The number of hydrogen-bond acceptors (Lipinski definition) is 3. The summed E-state index contributed by atoms with van der Waals surface area (Å²) in [5.41, 5.74) is 5.83. The van der Waals surface area contributed by atoms with Gasteiger partial charge in [0.1, 0.15) is 17.2 Å². The molecule has 3 rings (SSSR count). The summed E-state index contributed by atoms with van der Waals surface area (Å²) in [6.07, 6.45) is 0.788. The molecule has 0 aliphatic heterocycles. The molecule has 0 aromatic heterocycles. The van der Waals surface area contributed by atoms with E-state index in [1.54, 1.807) is 36.4 Å². The van der Waals surface area contributed by atoms with Gasteiger partial charge in [0.25, 0.3) is 0 Å². The van der Waals surface area contributed by atoms with Gasteiger partial charge in [-0.3, -0.25) is 0 Å². The highest BCUT2D eigenvalue weighted by Gasteiger charge is 2.38. The average molecular weight is 362 g/mol. The van der Waals surface area contributed by atoms with Gasteiger partial charge in [-0.15, -0.1) is 0 Å². The maximum atomic E-state index is 9.93. The maximum absolute atomic E-state index is 9.93. The molecule has 0 aliphatic rings. The van der Waals surface area contributed by atoms with Crippen LogP contribution in [-0.4, -0.2) is 15.3 Å². The molecule has 3 heteroatoms. The molecule has 3 aromatic rings. The van der Waals surface area contributed by atoms with E-state index in [2.05, 4.69) is 6.92 Å². The Hall–Kier alpha value is -2.94. The third-order valence-electron chi connectivity index (χ3n) is 5.54. The van der Waals surface area contributed by atoms with Crippen LogP contribution in [0.4, 0.5) is 0 Å². The van der Waals surface area contributed by atoms with E-state index in [0.29, 0.717) is 0 Å². The standard InChI is InChI=1S/C24H26O3/c1-5-24(21-9-6-18(25)12-15(21)2,22-10-7-19(26)13-16(22)3)23-11-8-20(27)14-17(23)4/h6-14,25-27H,5H2,1-4H3. The number of phenolic OH excluding ortho intramolecular Hbond substituents is 3. The minimum atomic E-state index is -0.465. The highest BCUT2D eigenvalue weighted by Crippen LogP contribution is 2.47. The van der Waals surface area contributed by atoms with Crippen LogP contribution in [-0.2, 0) is 5.41 Å². The van der Waals surface area contributed by atoms with Crippen LogP contribution >= 0.6 is 0 Å². The van der Waals surface area contributed by atoms with Crippen molar-refractivity contribution in [3.8, 4) is 17.2 Å². The third-order valence-corrected chi connectivity index (χ3v) is 5.54. The Bertz CT molecular complexity index is 864. The Labute approximate surface area is 160 Å². The fourth-order valence-corrected chi connectivity index (χ4v) is 4.39. The van der Waals surface area contributed by atoms with Crippen LogP contribution in [0.15, 0.2) is 54.6 Å². The lowest BCUT2D eigenvalue weighted by Gasteiger charge is -2.38. The zero-order valence-corrected chi connectivity index (χ0v) is 16.2. The van der Waals surface area contributed by atoms with Crippen molar-refractivity contribution >= 4 is 0 Å². The average Bonchev–Trinajstić information content (AvgIpc) is 2.59. The zero-order valence-electron chi connectivity index (χ0n) is 16.2. The Morgan fingerprint density at radius 1 is 0.593 bits per heavy atom. The summed E-state index contributed by atoms with van der Waals surface area (Å²) in [5.74, 6) is 0.725. The van der Waals surface area contributed by atoms with Crippen molar-refractivity contribution in [1.82, 2.24) is 0 Å². The van der Waals surface area contributed by atoms with Crippen LogP contribution in [0.5, 0.6) is 17.2 Å². The molecule has 0 unspecified atom stereocenters. The van der Waals surface area contributed by atoms with Crippen molar-refractivity contribution in [3.05, 3.63) is 88.0 Å². The van der Waals surface area contributed by atoms with E-state index in [1.807, 2.05) is 39.0 Å². The Balaban J connectivity index is 2.44. The van der Waals surface area contributed by atoms with Crippen LogP contribution in [0.3, 0.4) is 0 Å². The van der Waals surface area contributed by atoms with Crippen LogP contribution in [0.1, 0.15) is 46.7 Å². The second kappa shape index (κ2) is 6.99. The molecule has 3 aromatic carbocycles. The largest absolute Gasteiger partial charge is 0.508 e. The van der Waals surface area contributed by atoms with E-state index in [4.69, 9.17) is 0 Å². The lowest BCUT2D eigenvalue weighted by molar-refractivity contribution is 0.471. The van der Waals surface area contributed by atoms with Crippen molar-refractivity contribution in [1.29, 1.82) is 0 Å². The lowest BCUT2D eigenvalue weighted by atomic mass is 9.64. The van der Waals surface area contributed by atoms with Crippen molar-refractivity contribution in [2.24, 2.45) is 0 Å². The van der Waals surface area contributed by atoms with Crippen LogP contribution in [0.25, 0.3) is 0 Å². The van der Waals surface area contributed by atoms with E-state index in [0.717, 1.165) is 39.8 Å². The second-order valence-electron chi connectivity index (χ2n) is 7.26. The van der Waals surface area contributed by atoms with E-state index in [1.165, 1.54) is 0 Å². The third kappa shape index (κ3) is 3.14. The molecule has 0 aliphatic carbocycles. The van der Waals surface area contributed by atoms with Crippen molar-refractivity contribution in [3.63, 3.8) is 0 Å². The predicted octanol–water partition coefficient (Wildman–Crippen LogP) is 5.47. The summed E-state index contributed by atoms with van der Waals surface area (Å²) in [7, 11) is 0. The summed E-state index contributed by atoms with van der Waals surface area (Å²) in [6, 6.07) is 16.4. The van der Waals surface area contributed by atoms with Gasteiger partial charge in [-0.2, -0.15) is 0 Å². The van der Waals surface area contributed by atoms with Gasteiger partial charge in [0.2, 0.25) is 0 Å². The van der Waals surface area contributed by atoms with Gasteiger partial charge in [0.15, 0.2) is 0 Å². The molecule has 0 amide bonds. The molecule has 0 spiro atoms. The van der Waals surface area contributed by atoms with Crippen molar-refractivity contribution in [2.75, 3.05) is 0 Å². The minimum Gasteiger partial charge on any atom is -0.508 e. The number of aromatic hydroxyl groups is 3. The molecule has 0 heterocycles. The monoisotopic (exact) mass is 362 g/mol. The van der Waals surface area contributed by atoms with Crippen LogP contribution < -0.4 is 0 Å². The van der Waals surface area contributed by atoms with Gasteiger partial charge in [-0.1, -0.05) is 25.1 Å². The molecular weight excluding hydrogens is 336 g/mol. The molecule has 0 saturated heterocycles. The second-order valence-corrected chi connectivity index (χ2v) is 7.26. The Morgan fingerprint density at radius 2 is 0.889 bits per heavy atom. The normalized spacial score (nSPS) is 11.6. The maximum Gasteiger partial charge on any atom is 0.115 e. The number of rotatable bonds is 4. The zero-order chi connectivity index (χ0) is 19.8. The fraction of sp³-hybridized carbons (Fsp3) is 0.250. The Kier molecular flexibility index (Phi) is 4.88. The highest BCUT2D eigenvalue weighted by molar-refractivity contribution is 5.59. The molecule has 27 heavy (non-hydrogen) atoms. The molecule has 0 atom stereocenters. The molecule has 3 N–H and O–H groups in total.